The van der Waals surface area contributed by atoms with E-state index < -0.39 is 4.92 Å². The minimum Gasteiger partial charge on any atom is -0.352 e. The molecule has 1 aromatic heterocycles. The van der Waals surface area contributed by atoms with Gasteiger partial charge in [-0.2, -0.15) is 0 Å². The first kappa shape index (κ1) is 16.6. The van der Waals surface area contributed by atoms with Crippen molar-refractivity contribution < 1.29 is 9.72 Å². The van der Waals surface area contributed by atoms with Crippen molar-refractivity contribution in [2.24, 2.45) is 5.84 Å². The van der Waals surface area contributed by atoms with E-state index in [4.69, 9.17) is 5.84 Å². The lowest BCUT2D eigenvalue weighted by Crippen LogP contribution is -2.40. The highest BCUT2D eigenvalue weighted by atomic mass is 16.6. The summed E-state index contributed by atoms with van der Waals surface area (Å²) >= 11 is 0. The number of anilines is 2. The van der Waals surface area contributed by atoms with Crippen LogP contribution in [0.1, 0.15) is 20.8 Å². The van der Waals surface area contributed by atoms with Gasteiger partial charge in [-0.05, 0) is 26.8 Å². The SMILES string of the molecule is CCN(CC(=O)NC(C)C)c1nc(NN)ccc1[N+](=O)[O-]. The number of aromatic nitrogens is 1. The van der Waals surface area contributed by atoms with Gasteiger partial charge in [0, 0.05) is 18.7 Å². The highest BCUT2D eigenvalue weighted by molar-refractivity contribution is 5.82. The average molecular weight is 296 g/mol. The molecular weight excluding hydrogens is 276 g/mol. The zero-order valence-corrected chi connectivity index (χ0v) is 12.3. The number of hydrogen-bond donors (Lipinski definition) is 3. The number of hydrogen-bond acceptors (Lipinski definition) is 7. The monoisotopic (exact) mass is 296 g/mol. The van der Waals surface area contributed by atoms with E-state index in [0.717, 1.165) is 0 Å². The summed E-state index contributed by atoms with van der Waals surface area (Å²) in [7, 11) is 0. The summed E-state index contributed by atoms with van der Waals surface area (Å²) in [5.41, 5.74) is 2.16. The molecule has 0 aliphatic rings. The maximum atomic E-state index is 11.8. The molecule has 116 valence electrons. The standard InChI is InChI=1S/C12H20N6O3/c1-4-17(7-11(19)14-8(2)3)12-9(18(20)21)5-6-10(15-12)16-13/h5-6,8H,4,7,13H2,1-3H3,(H,14,19)(H,15,16). The van der Waals surface area contributed by atoms with Gasteiger partial charge < -0.3 is 15.6 Å². The zero-order chi connectivity index (χ0) is 16.0. The maximum Gasteiger partial charge on any atom is 0.311 e. The van der Waals surface area contributed by atoms with Gasteiger partial charge in [-0.15, -0.1) is 0 Å². The molecule has 1 amide bonds. The van der Waals surface area contributed by atoms with Crippen LogP contribution in [0.5, 0.6) is 0 Å². The lowest BCUT2D eigenvalue weighted by molar-refractivity contribution is -0.384. The van der Waals surface area contributed by atoms with Gasteiger partial charge in [0.15, 0.2) is 0 Å². The number of pyridine rings is 1. The number of nitrogen functional groups attached to an aromatic ring is 1. The Hall–Kier alpha value is -2.42. The summed E-state index contributed by atoms with van der Waals surface area (Å²) in [4.78, 5) is 28.0. The largest absolute Gasteiger partial charge is 0.352 e. The first-order valence-corrected chi connectivity index (χ1v) is 6.55. The Bertz CT molecular complexity index is 520. The van der Waals surface area contributed by atoms with Crippen molar-refractivity contribution in [3.63, 3.8) is 0 Å². The Morgan fingerprint density at radius 2 is 2.19 bits per heavy atom. The molecule has 0 aliphatic heterocycles. The van der Waals surface area contributed by atoms with Crippen molar-refractivity contribution >= 4 is 23.2 Å². The minimum absolute atomic E-state index is 0.00352. The van der Waals surface area contributed by atoms with E-state index in [1.807, 2.05) is 13.8 Å². The zero-order valence-electron chi connectivity index (χ0n) is 12.3. The lowest BCUT2D eigenvalue weighted by atomic mass is 10.3. The Morgan fingerprint density at radius 3 is 2.67 bits per heavy atom. The lowest BCUT2D eigenvalue weighted by Gasteiger charge is -2.22. The van der Waals surface area contributed by atoms with Gasteiger partial charge in [-0.1, -0.05) is 0 Å². The predicted molar refractivity (Wildman–Crippen MR) is 79.9 cm³/mol. The summed E-state index contributed by atoms with van der Waals surface area (Å²) in [6.45, 7) is 5.85. The number of carbonyl (C=O) groups excluding carboxylic acids is 1. The van der Waals surface area contributed by atoms with Gasteiger partial charge >= 0.3 is 5.69 Å². The molecule has 0 saturated carbocycles. The van der Waals surface area contributed by atoms with E-state index in [1.165, 1.54) is 17.0 Å². The van der Waals surface area contributed by atoms with Gasteiger partial charge in [0.1, 0.15) is 5.82 Å². The number of nitrogens with two attached hydrogens (primary N) is 1. The van der Waals surface area contributed by atoms with Gasteiger partial charge in [0.05, 0.1) is 11.5 Å². The average Bonchev–Trinajstić information content (AvgIpc) is 2.43. The third kappa shape index (κ3) is 4.56. The Labute approximate surface area is 122 Å². The molecule has 0 unspecified atom stereocenters. The van der Waals surface area contributed by atoms with E-state index in [2.05, 4.69) is 15.7 Å². The van der Waals surface area contributed by atoms with Crippen LogP contribution in [0.4, 0.5) is 17.3 Å². The molecule has 0 aromatic carbocycles. The minimum atomic E-state index is -0.536. The van der Waals surface area contributed by atoms with Crippen molar-refractivity contribution in [1.82, 2.24) is 10.3 Å². The molecule has 0 radical (unpaired) electrons. The number of hydrazine groups is 1. The van der Waals surface area contributed by atoms with Crippen LogP contribution in [0, 0.1) is 10.1 Å². The molecule has 0 fully saturated rings. The second-order valence-corrected chi connectivity index (χ2v) is 4.68. The van der Waals surface area contributed by atoms with E-state index in [1.54, 1.807) is 6.92 Å². The van der Waals surface area contributed by atoms with Crippen molar-refractivity contribution in [2.45, 2.75) is 26.8 Å². The molecule has 1 rings (SSSR count). The quantitative estimate of drug-likeness (QED) is 0.382. The Kier molecular flexibility index (Phi) is 5.85. The Morgan fingerprint density at radius 1 is 1.52 bits per heavy atom. The van der Waals surface area contributed by atoms with Gasteiger partial charge in [0.2, 0.25) is 11.7 Å². The molecule has 9 heteroatoms. The van der Waals surface area contributed by atoms with E-state index in [9.17, 15) is 14.9 Å². The molecule has 0 atom stereocenters. The highest BCUT2D eigenvalue weighted by Gasteiger charge is 2.22. The van der Waals surface area contributed by atoms with Crippen LogP contribution < -0.4 is 21.5 Å². The molecule has 0 spiro atoms. The highest BCUT2D eigenvalue weighted by Crippen LogP contribution is 2.27. The van der Waals surface area contributed by atoms with Crippen molar-refractivity contribution in [3.05, 3.63) is 22.2 Å². The van der Waals surface area contributed by atoms with Crippen LogP contribution in [0.3, 0.4) is 0 Å². The van der Waals surface area contributed by atoms with Gasteiger partial charge in [0.25, 0.3) is 0 Å². The molecule has 1 aromatic rings. The van der Waals surface area contributed by atoms with Crippen LogP contribution in [0.2, 0.25) is 0 Å². The molecule has 0 aliphatic carbocycles. The first-order chi connectivity index (χ1) is 9.88. The van der Waals surface area contributed by atoms with Crippen molar-refractivity contribution in [1.29, 1.82) is 0 Å². The smallest absolute Gasteiger partial charge is 0.311 e. The topological polar surface area (TPSA) is 126 Å². The third-order valence-corrected chi connectivity index (χ3v) is 2.66. The van der Waals surface area contributed by atoms with Crippen LogP contribution in [0.15, 0.2) is 12.1 Å². The fourth-order valence-corrected chi connectivity index (χ4v) is 1.77. The van der Waals surface area contributed by atoms with Crippen LogP contribution in [0.25, 0.3) is 0 Å². The summed E-state index contributed by atoms with van der Waals surface area (Å²) < 4.78 is 0. The molecule has 9 nitrogen and oxygen atoms in total. The summed E-state index contributed by atoms with van der Waals surface area (Å²) in [5, 5.41) is 13.8. The summed E-state index contributed by atoms with van der Waals surface area (Å²) in [6, 6.07) is 2.71. The number of likely N-dealkylation sites (N-methyl/N-ethyl adjacent to an activating group) is 1. The molecule has 21 heavy (non-hydrogen) atoms. The second-order valence-electron chi connectivity index (χ2n) is 4.68. The summed E-state index contributed by atoms with van der Waals surface area (Å²) in [6.07, 6.45) is 0. The van der Waals surface area contributed by atoms with Crippen molar-refractivity contribution in [3.8, 4) is 0 Å². The maximum absolute atomic E-state index is 11.8. The number of amides is 1. The molecule has 1 heterocycles. The van der Waals surface area contributed by atoms with Crippen LogP contribution >= 0.6 is 0 Å². The van der Waals surface area contributed by atoms with E-state index in [-0.39, 0.29) is 30.0 Å². The fraction of sp³-hybridized carbons (Fsp3) is 0.500. The third-order valence-electron chi connectivity index (χ3n) is 2.66. The summed E-state index contributed by atoms with van der Waals surface area (Å²) in [5.74, 6) is 5.44. The van der Waals surface area contributed by atoms with Crippen molar-refractivity contribution in [2.75, 3.05) is 23.4 Å². The molecule has 0 saturated heterocycles. The predicted octanol–water partition coefficient (Wildman–Crippen LogP) is 0.626. The normalized spacial score (nSPS) is 10.3. The fourth-order valence-electron chi connectivity index (χ4n) is 1.77. The number of nitrogens with one attached hydrogen (secondary N) is 2. The van der Waals surface area contributed by atoms with E-state index >= 15 is 0 Å². The number of carbonyl (C=O) groups is 1. The molecular formula is C12H20N6O3. The van der Waals surface area contributed by atoms with Crippen LogP contribution in [-0.2, 0) is 4.79 Å². The molecule has 4 N–H and O–H groups in total. The van der Waals surface area contributed by atoms with Gasteiger partial charge in [-0.3, -0.25) is 14.9 Å². The number of nitro groups is 1. The number of rotatable bonds is 7. The number of nitrogens with zero attached hydrogens (tertiary/aromatic N) is 3. The first-order valence-electron chi connectivity index (χ1n) is 6.55. The molecule has 0 bridgehead atoms. The Balaban J connectivity index is 3.08. The second kappa shape index (κ2) is 7.39. The van der Waals surface area contributed by atoms with Crippen LogP contribution in [-0.4, -0.2) is 34.9 Å². The van der Waals surface area contributed by atoms with Gasteiger partial charge in [-0.25, -0.2) is 10.8 Å². The van der Waals surface area contributed by atoms with E-state index in [0.29, 0.717) is 12.4 Å².